The van der Waals surface area contributed by atoms with Gasteiger partial charge in [-0.1, -0.05) is 17.7 Å². The Morgan fingerprint density at radius 1 is 0.797 bits per heavy atom. The topological polar surface area (TPSA) is 145 Å². The second kappa shape index (κ2) is 18.5. The molecule has 4 N–H and O–H groups in total. The minimum atomic E-state index is -1.83. The van der Waals surface area contributed by atoms with Crippen LogP contribution in [0.4, 0.5) is 5.69 Å². The van der Waals surface area contributed by atoms with Crippen LogP contribution >= 0.6 is 11.6 Å². The fraction of sp³-hybridized carbons (Fsp3) is 0.357. The predicted molar refractivity (Wildman–Crippen MR) is 267 cm³/mol. The number of anilines is 1. The molecule has 0 unspecified atom stereocenters. The first-order valence-corrected chi connectivity index (χ1v) is 24.9. The molecule has 13 heteroatoms. The Morgan fingerprint density at radius 2 is 1.52 bits per heavy atom. The van der Waals surface area contributed by atoms with Crippen molar-refractivity contribution in [2.45, 2.75) is 83.8 Å². The molecular weight excluding hydrogens is 890 g/mol. The highest BCUT2D eigenvalue weighted by atomic mass is 35.5. The standard InChI is InChI=1S/C56H56ClN5O7/c1-32-42(43-30-38(68-2)18-20-47(43)62(32)55(65)33-13-16-37(57)17-14-33)31-48(63)58-21-3-4-22-59-54(64)36-15-19-39(44(29-36)56(66)67)49-45-27-34-9-5-23-60-25-7-11-40(50(34)60)52(45)69-53-41-12-8-26-61-24-6-10-35(51(41)61)28-46(49)53/h13-20,27-30,56,66-67H,3-12,21-26,31H2,1-2H3,(H-,58,59,63,64)/p+1. The van der Waals surface area contributed by atoms with Crippen molar-refractivity contribution < 1.29 is 34.1 Å². The third-order valence-corrected chi connectivity index (χ3v) is 15.2. The number of aliphatic hydroxyl groups excluding tert-OH is 1. The molecule has 5 aromatic carbocycles. The molecule has 0 aliphatic carbocycles. The summed E-state index contributed by atoms with van der Waals surface area (Å²) < 4.78 is 16.8. The van der Waals surface area contributed by atoms with Gasteiger partial charge in [0.2, 0.25) is 11.3 Å². The fourth-order valence-electron chi connectivity index (χ4n) is 11.7. The number of hydrogen-bond acceptors (Lipinski definition) is 8. The van der Waals surface area contributed by atoms with Gasteiger partial charge in [0.05, 0.1) is 24.6 Å². The zero-order valence-corrected chi connectivity index (χ0v) is 39.9. The molecule has 354 valence electrons. The maximum atomic E-state index is 13.7. The largest absolute Gasteiger partial charge is 0.497 e. The number of nitrogens with one attached hydrogen (secondary N) is 2. The van der Waals surface area contributed by atoms with Gasteiger partial charge in [-0.25, -0.2) is 4.58 Å². The van der Waals surface area contributed by atoms with E-state index >= 15 is 0 Å². The van der Waals surface area contributed by atoms with Gasteiger partial charge in [-0.15, -0.1) is 0 Å². The number of halogens is 1. The molecule has 6 aromatic rings. The average Bonchev–Trinajstić information content (AvgIpc) is 3.63. The van der Waals surface area contributed by atoms with Gasteiger partial charge in [0.25, 0.3) is 11.8 Å². The highest BCUT2D eigenvalue weighted by Crippen LogP contribution is 2.49. The lowest BCUT2D eigenvalue weighted by Gasteiger charge is -2.39. The van der Waals surface area contributed by atoms with Crippen LogP contribution in [0.25, 0.3) is 16.5 Å². The van der Waals surface area contributed by atoms with Crippen molar-refractivity contribution in [3.8, 4) is 17.2 Å². The molecule has 0 radical (unpaired) electrons. The third kappa shape index (κ3) is 8.06. The van der Waals surface area contributed by atoms with E-state index in [-0.39, 0.29) is 29.7 Å². The summed E-state index contributed by atoms with van der Waals surface area (Å²) in [7, 11) is 1.58. The van der Waals surface area contributed by atoms with Crippen LogP contribution < -0.4 is 40.2 Å². The van der Waals surface area contributed by atoms with Crippen molar-refractivity contribution in [2.75, 3.05) is 51.3 Å². The van der Waals surface area contributed by atoms with E-state index in [9.17, 15) is 24.6 Å². The number of carbonyl (C=O) groups is 3. The first-order chi connectivity index (χ1) is 33.6. The van der Waals surface area contributed by atoms with E-state index in [4.69, 9.17) is 21.1 Å². The fourth-order valence-corrected chi connectivity index (χ4v) is 11.9. The average molecular weight is 948 g/mol. The van der Waals surface area contributed by atoms with Crippen LogP contribution in [-0.2, 0) is 36.9 Å². The number of hydrogen-bond donors (Lipinski definition) is 4. The summed E-state index contributed by atoms with van der Waals surface area (Å²) in [5.41, 5.74) is 12.2. The Labute approximate surface area is 405 Å². The number of aryl methyl sites for hydroxylation is 2. The first-order valence-electron chi connectivity index (χ1n) is 24.5. The smallest absolute Gasteiger partial charge is 0.262 e. The first kappa shape index (κ1) is 45.0. The number of unbranched alkanes of at least 4 members (excludes halogenated alkanes) is 1. The van der Waals surface area contributed by atoms with Gasteiger partial charge >= 0.3 is 0 Å². The molecule has 11 rings (SSSR count). The second-order valence-electron chi connectivity index (χ2n) is 19.1. The predicted octanol–water partition coefficient (Wildman–Crippen LogP) is 6.59. The molecule has 0 bridgehead atoms. The molecule has 2 amide bonds. The molecule has 6 heterocycles. The van der Waals surface area contributed by atoms with E-state index in [2.05, 4.69) is 32.2 Å². The maximum Gasteiger partial charge on any atom is 0.262 e. The summed E-state index contributed by atoms with van der Waals surface area (Å²) in [6, 6.07) is 22.1. The molecule has 5 aliphatic heterocycles. The zero-order chi connectivity index (χ0) is 47.5. The molecule has 69 heavy (non-hydrogen) atoms. The summed E-state index contributed by atoms with van der Waals surface area (Å²) in [6.07, 6.45) is 7.55. The van der Waals surface area contributed by atoms with E-state index < -0.39 is 6.29 Å². The highest BCUT2D eigenvalue weighted by molar-refractivity contribution is 6.30. The van der Waals surface area contributed by atoms with Gasteiger partial charge in [0.1, 0.15) is 30.3 Å². The summed E-state index contributed by atoms with van der Waals surface area (Å²) in [5.74, 6) is 1.66. The van der Waals surface area contributed by atoms with Crippen molar-refractivity contribution in [3.63, 3.8) is 0 Å². The Morgan fingerprint density at radius 3 is 2.30 bits per heavy atom. The SMILES string of the molecule is COc1ccc2c(c1)c(CC(=O)NCCCCNC(=O)c1ccc(C3=c4cc5c6c(c4Oc4c3cc3c7c4CCCN7CCC3)CCC[N+]=6CCC5)c(C(O)O)c1)c(C)n2C(=O)c1ccc(Cl)cc1. The number of nitrogens with zero attached hydrogens (tertiary/aromatic N) is 3. The minimum Gasteiger partial charge on any atom is -0.497 e. The van der Waals surface area contributed by atoms with Gasteiger partial charge in [-0.3, -0.25) is 19.0 Å². The Bertz CT molecular complexity index is 3240. The zero-order valence-electron chi connectivity index (χ0n) is 39.2. The molecule has 0 saturated carbocycles. The number of fused-ring (bicyclic) bond motifs is 5. The van der Waals surface area contributed by atoms with Crippen molar-refractivity contribution in [1.82, 2.24) is 19.8 Å². The van der Waals surface area contributed by atoms with Crippen molar-refractivity contribution in [2.24, 2.45) is 0 Å². The number of ether oxygens (including phenoxy) is 2. The van der Waals surface area contributed by atoms with Crippen LogP contribution in [-0.4, -0.2) is 78.9 Å². The molecular formula is C56H57ClN5O7+. The van der Waals surface area contributed by atoms with Crippen molar-refractivity contribution in [1.29, 1.82) is 0 Å². The minimum absolute atomic E-state index is 0.0649. The molecule has 0 fully saturated rings. The lowest BCUT2D eigenvalue weighted by atomic mass is 9.81. The van der Waals surface area contributed by atoms with E-state index in [1.807, 2.05) is 25.1 Å². The van der Waals surface area contributed by atoms with Crippen LogP contribution in [0.1, 0.15) is 116 Å². The normalized spacial score (nSPS) is 15.5. The van der Waals surface area contributed by atoms with Crippen molar-refractivity contribution >= 4 is 51.5 Å². The van der Waals surface area contributed by atoms with Gasteiger partial charge in [-0.2, -0.15) is 0 Å². The number of aromatic nitrogens is 1. The van der Waals surface area contributed by atoms with Crippen LogP contribution in [0, 0.1) is 6.92 Å². The number of amides is 2. The highest BCUT2D eigenvalue weighted by Gasteiger charge is 2.36. The Hall–Kier alpha value is -6.47. The van der Waals surface area contributed by atoms with Gasteiger partial charge in [0, 0.05) is 105 Å². The lowest BCUT2D eigenvalue weighted by Crippen LogP contribution is -2.45. The molecule has 12 nitrogen and oxygen atoms in total. The van der Waals surface area contributed by atoms with Gasteiger partial charge < -0.3 is 35.2 Å². The van der Waals surface area contributed by atoms with E-state index in [0.29, 0.717) is 64.6 Å². The van der Waals surface area contributed by atoms with Crippen LogP contribution in [0.5, 0.6) is 17.2 Å². The number of methoxy groups -OCH3 is 1. The lowest BCUT2D eigenvalue weighted by molar-refractivity contribution is -0.120. The van der Waals surface area contributed by atoms with Crippen LogP contribution in [0.3, 0.4) is 0 Å². The van der Waals surface area contributed by atoms with Crippen molar-refractivity contribution in [3.05, 3.63) is 150 Å². The monoisotopic (exact) mass is 946 g/mol. The molecule has 0 atom stereocenters. The Balaban J connectivity index is 0.811. The summed E-state index contributed by atoms with van der Waals surface area (Å²) in [6.45, 7) is 6.77. The number of aliphatic hydroxyl groups is 2. The summed E-state index contributed by atoms with van der Waals surface area (Å²) in [5, 5.41) is 31.8. The summed E-state index contributed by atoms with van der Waals surface area (Å²) >= 11 is 6.09. The summed E-state index contributed by atoms with van der Waals surface area (Å²) in [4.78, 5) is 43.4. The van der Waals surface area contributed by atoms with E-state index in [0.717, 1.165) is 116 Å². The Kier molecular flexibility index (Phi) is 12.0. The number of rotatable bonds is 12. The van der Waals surface area contributed by atoms with Gasteiger partial charge in [0.15, 0.2) is 6.29 Å². The maximum absolute atomic E-state index is 13.7. The molecule has 0 spiro atoms. The molecule has 0 saturated heterocycles. The van der Waals surface area contributed by atoms with E-state index in [1.54, 1.807) is 54.1 Å². The van der Waals surface area contributed by atoms with Crippen LogP contribution in [0.2, 0.25) is 5.02 Å². The van der Waals surface area contributed by atoms with E-state index in [1.165, 1.54) is 33.3 Å². The molecule has 1 aromatic heterocycles. The van der Waals surface area contributed by atoms with Gasteiger partial charge in [-0.05, 0) is 142 Å². The number of benzene rings is 5. The quantitative estimate of drug-likeness (QED) is 0.0611. The third-order valence-electron chi connectivity index (χ3n) is 14.9. The van der Waals surface area contributed by atoms with Crippen LogP contribution in [0.15, 0.2) is 72.8 Å². The molecule has 5 aliphatic rings. The number of carbonyl (C=O) groups excluding carboxylic acids is 3. The second-order valence-corrected chi connectivity index (χ2v) is 19.5.